The Morgan fingerprint density at radius 2 is 2.08 bits per heavy atom. The summed E-state index contributed by atoms with van der Waals surface area (Å²) >= 11 is 0. The van der Waals surface area contributed by atoms with E-state index < -0.39 is 6.29 Å². The Kier molecular flexibility index (Phi) is 7.98. The van der Waals surface area contributed by atoms with Crippen molar-refractivity contribution in [1.29, 1.82) is 0 Å². The number of aliphatic hydroxyl groups excluding tert-OH is 1. The van der Waals surface area contributed by atoms with Gasteiger partial charge in [-0.2, -0.15) is 0 Å². The van der Waals surface area contributed by atoms with Crippen LogP contribution in [-0.4, -0.2) is 74.9 Å². The normalized spacial score (nSPS) is 24.7. The summed E-state index contributed by atoms with van der Waals surface area (Å²) in [7, 11) is 0. The van der Waals surface area contributed by atoms with Gasteiger partial charge in [0.05, 0.1) is 39.6 Å². The molecular formula is C17H29NO6. The van der Waals surface area contributed by atoms with E-state index in [0.29, 0.717) is 57.8 Å². The summed E-state index contributed by atoms with van der Waals surface area (Å²) in [5.41, 5.74) is 0. The predicted octanol–water partition coefficient (Wildman–Crippen LogP) is 0.773. The highest BCUT2D eigenvalue weighted by molar-refractivity contribution is 5.91. The molecule has 0 aromatic carbocycles. The van der Waals surface area contributed by atoms with Crippen molar-refractivity contribution in [1.82, 2.24) is 4.90 Å². The van der Waals surface area contributed by atoms with Crippen molar-refractivity contribution >= 4 is 5.91 Å². The van der Waals surface area contributed by atoms with Crippen LogP contribution < -0.4 is 0 Å². The van der Waals surface area contributed by atoms with Crippen molar-refractivity contribution in [3.63, 3.8) is 0 Å². The number of nitrogens with zero attached hydrogens (tertiary/aromatic N) is 1. The molecule has 1 saturated heterocycles. The van der Waals surface area contributed by atoms with Gasteiger partial charge in [0.2, 0.25) is 6.29 Å². The minimum absolute atomic E-state index is 0.00368. The molecule has 2 aliphatic rings. The fraction of sp³-hybridized carbons (Fsp3) is 0.824. The van der Waals surface area contributed by atoms with Crippen LogP contribution in [0.2, 0.25) is 0 Å². The Labute approximate surface area is 143 Å². The first-order chi connectivity index (χ1) is 11.6. The number of hydrogen-bond donors (Lipinski definition) is 1. The molecule has 2 unspecified atom stereocenters. The van der Waals surface area contributed by atoms with Gasteiger partial charge in [0.1, 0.15) is 0 Å². The minimum atomic E-state index is -0.444. The van der Waals surface area contributed by atoms with Crippen molar-refractivity contribution < 1.29 is 28.8 Å². The van der Waals surface area contributed by atoms with Gasteiger partial charge in [-0.25, -0.2) is 0 Å². The molecule has 0 radical (unpaired) electrons. The number of carbonyl (C=O) groups is 1. The third-order valence-corrected chi connectivity index (χ3v) is 4.22. The third-order valence-electron chi connectivity index (χ3n) is 4.22. The summed E-state index contributed by atoms with van der Waals surface area (Å²) in [6.45, 7) is 7.62. The van der Waals surface area contributed by atoms with Crippen LogP contribution in [0.15, 0.2) is 11.8 Å². The monoisotopic (exact) mass is 343 g/mol. The number of ether oxygens (including phenoxy) is 4. The summed E-state index contributed by atoms with van der Waals surface area (Å²) in [5.74, 6) is 0.928. The van der Waals surface area contributed by atoms with Crippen molar-refractivity contribution in [3.05, 3.63) is 11.8 Å². The van der Waals surface area contributed by atoms with Gasteiger partial charge in [0.15, 0.2) is 5.76 Å². The molecule has 2 aliphatic heterocycles. The highest BCUT2D eigenvalue weighted by Gasteiger charge is 2.31. The summed E-state index contributed by atoms with van der Waals surface area (Å²) in [6, 6.07) is 0. The maximum absolute atomic E-state index is 12.7. The molecule has 1 fully saturated rings. The van der Waals surface area contributed by atoms with Crippen LogP contribution in [0.25, 0.3) is 0 Å². The maximum Gasteiger partial charge on any atom is 0.288 e. The van der Waals surface area contributed by atoms with Crippen LogP contribution in [0.4, 0.5) is 0 Å². The Bertz CT molecular complexity index is 419. The van der Waals surface area contributed by atoms with E-state index in [1.54, 1.807) is 4.90 Å². The van der Waals surface area contributed by atoms with Crippen LogP contribution in [0.3, 0.4) is 0 Å². The van der Waals surface area contributed by atoms with E-state index in [4.69, 9.17) is 24.1 Å². The lowest BCUT2D eigenvalue weighted by atomic mass is 9.90. The first-order valence-electron chi connectivity index (χ1n) is 8.67. The highest BCUT2D eigenvalue weighted by Crippen LogP contribution is 2.29. The fourth-order valence-corrected chi connectivity index (χ4v) is 2.73. The molecule has 0 saturated carbocycles. The molecule has 7 nitrogen and oxygen atoms in total. The third kappa shape index (κ3) is 5.73. The molecule has 1 amide bonds. The van der Waals surface area contributed by atoms with Crippen LogP contribution in [0.1, 0.15) is 20.3 Å². The number of rotatable bonds is 8. The molecular weight excluding hydrogens is 314 g/mol. The summed E-state index contributed by atoms with van der Waals surface area (Å²) in [4.78, 5) is 14.4. The second-order valence-corrected chi connectivity index (χ2v) is 6.33. The second-order valence-electron chi connectivity index (χ2n) is 6.33. The molecule has 0 bridgehead atoms. The van der Waals surface area contributed by atoms with Gasteiger partial charge in [-0.15, -0.1) is 0 Å². The molecule has 2 heterocycles. The minimum Gasteiger partial charge on any atom is -0.459 e. The number of carbonyl (C=O) groups excluding carboxylic acids is 1. The molecule has 24 heavy (non-hydrogen) atoms. The Morgan fingerprint density at radius 1 is 1.33 bits per heavy atom. The molecule has 0 aromatic rings. The molecule has 2 rings (SSSR count). The molecule has 0 aliphatic carbocycles. The quantitative estimate of drug-likeness (QED) is 0.656. The van der Waals surface area contributed by atoms with Gasteiger partial charge in [-0.3, -0.25) is 4.79 Å². The summed E-state index contributed by atoms with van der Waals surface area (Å²) < 4.78 is 22.0. The van der Waals surface area contributed by atoms with E-state index in [1.807, 2.05) is 6.08 Å². The van der Waals surface area contributed by atoms with Gasteiger partial charge >= 0.3 is 0 Å². The average molecular weight is 343 g/mol. The molecule has 138 valence electrons. The van der Waals surface area contributed by atoms with E-state index in [-0.39, 0.29) is 18.4 Å². The standard InChI is InChI=1S/C17H29NO6/c1-13(2)14-11-15(17(20)18-3-6-21-7-4-18)24-16(12-14)23-10-9-22-8-5-19/h11,13-14,16,19H,3-10,12H2,1-2H3. The Hall–Kier alpha value is -1.15. The van der Waals surface area contributed by atoms with E-state index in [0.717, 1.165) is 6.42 Å². The lowest BCUT2D eigenvalue weighted by molar-refractivity contribution is -0.162. The lowest BCUT2D eigenvalue weighted by Crippen LogP contribution is -2.43. The predicted molar refractivity (Wildman–Crippen MR) is 87.2 cm³/mol. The van der Waals surface area contributed by atoms with Gasteiger partial charge in [0, 0.05) is 19.5 Å². The Morgan fingerprint density at radius 3 is 2.75 bits per heavy atom. The van der Waals surface area contributed by atoms with Crippen molar-refractivity contribution in [3.8, 4) is 0 Å². The maximum atomic E-state index is 12.7. The van der Waals surface area contributed by atoms with Gasteiger partial charge in [0.25, 0.3) is 5.91 Å². The van der Waals surface area contributed by atoms with Crippen LogP contribution >= 0.6 is 0 Å². The zero-order valence-corrected chi connectivity index (χ0v) is 14.6. The number of aliphatic hydroxyl groups is 1. The SMILES string of the molecule is CC(C)C1C=C(C(=O)N2CCOCC2)OC(OCCOCCO)C1. The van der Waals surface area contributed by atoms with Crippen molar-refractivity contribution in [2.24, 2.45) is 11.8 Å². The highest BCUT2D eigenvalue weighted by atomic mass is 16.7. The molecule has 7 heteroatoms. The summed E-state index contributed by atoms with van der Waals surface area (Å²) in [6.07, 6.45) is 2.21. The number of amides is 1. The fourth-order valence-electron chi connectivity index (χ4n) is 2.73. The molecule has 2 atom stereocenters. The van der Waals surface area contributed by atoms with E-state index in [1.165, 1.54) is 0 Å². The molecule has 0 spiro atoms. The van der Waals surface area contributed by atoms with Gasteiger partial charge < -0.3 is 29.0 Å². The second kappa shape index (κ2) is 9.98. The number of hydrogen-bond acceptors (Lipinski definition) is 6. The lowest BCUT2D eigenvalue weighted by Gasteiger charge is -2.34. The largest absolute Gasteiger partial charge is 0.459 e. The first-order valence-corrected chi connectivity index (χ1v) is 8.67. The smallest absolute Gasteiger partial charge is 0.288 e. The van der Waals surface area contributed by atoms with Gasteiger partial charge in [-0.05, 0) is 17.9 Å². The molecule has 0 aromatic heterocycles. The van der Waals surface area contributed by atoms with Crippen molar-refractivity contribution in [2.75, 3.05) is 52.7 Å². The van der Waals surface area contributed by atoms with Crippen LogP contribution in [0.5, 0.6) is 0 Å². The topological polar surface area (TPSA) is 77.5 Å². The Balaban J connectivity index is 1.91. The summed E-state index contributed by atoms with van der Waals surface area (Å²) in [5, 5.41) is 8.68. The first kappa shape index (κ1) is 19.2. The zero-order chi connectivity index (χ0) is 17.4. The van der Waals surface area contributed by atoms with E-state index >= 15 is 0 Å². The number of allylic oxidation sites excluding steroid dienone is 1. The van der Waals surface area contributed by atoms with E-state index in [9.17, 15) is 4.79 Å². The van der Waals surface area contributed by atoms with Crippen LogP contribution in [-0.2, 0) is 23.7 Å². The van der Waals surface area contributed by atoms with E-state index in [2.05, 4.69) is 13.8 Å². The average Bonchev–Trinajstić information content (AvgIpc) is 2.61. The number of morpholine rings is 1. The zero-order valence-electron chi connectivity index (χ0n) is 14.6. The van der Waals surface area contributed by atoms with Gasteiger partial charge in [-0.1, -0.05) is 13.8 Å². The van der Waals surface area contributed by atoms with Crippen LogP contribution in [0, 0.1) is 11.8 Å². The molecule has 1 N–H and O–H groups in total. The van der Waals surface area contributed by atoms with Crippen molar-refractivity contribution in [2.45, 2.75) is 26.6 Å².